The molecule has 94 valence electrons. The van der Waals surface area contributed by atoms with Crippen molar-refractivity contribution in [3.63, 3.8) is 0 Å². The maximum absolute atomic E-state index is 5.87. The van der Waals surface area contributed by atoms with E-state index in [9.17, 15) is 0 Å². The minimum atomic E-state index is 0.696. The van der Waals surface area contributed by atoms with Gasteiger partial charge in [-0.15, -0.1) is 0 Å². The second-order valence-corrected chi connectivity index (χ2v) is 5.58. The third kappa shape index (κ3) is 2.74. The monoisotopic (exact) mass is 232 g/mol. The average molecular weight is 232 g/mol. The van der Waals surface area contributed by atoms with Gasteiger partial charge in [0.1, 0.15) is 0 Å². The van der Waals surface area contributed by atoms with Crippen molar-refractivity contribution in [3.05, 3.63) is 23.8 Å². The van der Waals surface area contributed by atoms with Gasteiger partial charge in [-0.3, -0.25) is 0 Å². The second-order valence-electron chi connectivity index (χ2n) is 5.58. The molecule has 0 amide bonds. The van der Waals surface area contributed by atoms with Crippen molar-refractivity contribution in [2.45, 2.75) is 45.6 Å². The molecule has 17 heavy (non-hydrogen) atoms. The maximum Gasteiger partial charge on any atom is 0.0370 e. The first-order valence-electron chi connectivity index (χ1n) is 6.67. The lowest BCUT2D eigenvalue weighted by atomic mass is 9.86. The highest BCUT2D eigenvalue weighted by atomic mass is 15.1. The Morgan fingerprint density at radius 3 is 2.71 bits per heavy atom. The number of benzene rings is 1. The summed E-state index contributed by atoms with van der Waals surface area (Å²) in [6.07, 6.45) is 5.40. The molecular weight excluding hydrogens is 208 g/mol. The molecule has 0 aromatic heterocycles. The van der Waals surface area contributed by atoms with Gasteiger partial charge < -0.3 is 10.6 Å². The van der Waals surface area contributed by atoms with E-state index in [1.54, 1.807) is 0 Å². The van der Waals surface area contributed by atoms with Gasteiger partial charge in [0.25, 0.3) is 0 Å². The summed E-state index contributed by atoms with van der Waals surface area (Å²) in [4.78, 5) is 2.43. The van der Waals surface area contributed by atoms with Crippen molar-refractivity contribution in [1.82, 2.24) is 0 Å². The minimum absolute atomic E-state index is 0.696. The number of aryl methyl sites for hydroxylation is 1. The van der Waals surface area contributed by atoms with Gasteiger partial charge in [-0.1, -0.05) is 19.8 Å². The van der Waals surface area contributed by atoms with Crippen molar-refractivity contribution in [3.8, 4) is 0 Å². The molecule has 1 aromatic carbocycles. The van der Waals surface area contributed by atoms with Gasteiger partial charge in [-0.25, -0.2) is 0 Å². The van der Waals surface area contributed by atoms with Crippen LogP contribution in [0.25, 0.3) is 0 Å². The molecule has 2 nitrogen and oxygen atoms in total. The third-order valence-electron chi connectivity index (χ3n) is 4.12. The number of anilines is 2. The molecule has 0 saturated heterocycles. The molecule has 1 aliphatic rings. The molecule has 0 radical (unpaired) electrons. The Morgan fingerprint density at radius 2 is 2.06 bits per heavy atom. The Labute approximate surface area is 105 Å². The number of rotatable bonds is 2. The molecule has 1 saturated carbocycles. The Morgan fingerprint density at radius 1 is 1.29 bits per heavy atom. The number of nitrogens with zero attached hydrogens (tertiary/aromatic N) is 1. The lowest BCUT2D eigenvalue weighted by molar-refractivity contribution is 0.336. The number of hydrogen-bond donors (Lipinski definition) is 1. The standard InChI is InChI=1S/C15H24N2/c1-11-5-4-6-13(9-11)17(3)14-7-8-15(16)12(2)10-14/h7-8,10-11,13H,4-6,9,16H2,1-3H3. The summed E-state index contributed by atoms with van der Waals surface area (Å²) in [5, 5.41) is 0. The van der Waals surface area contributed by atoms with E-state index in [0.29, 0.717) is 6.04 Å². The highest BCUT2D eigenvalue weighted by molar-refractivity contribution is 5.58. The first kappa shape index (κ1) is 12.3. The van der Waals surface area contributed by atoms with Crippen LogP contribution >= 0.6 is 0 Å². The van der Waals surface area contributed by atoms with Gasteiger partial charge in [-0.2, -0.15) is 0 Å². The smallest absolute Gasteiger partial charge is 0.0370 e. The highest BCUT2D eigenvalue weighted by Gasteiger charge is 2.22. The Kier molecular flexibility index (Phi) is 3.60. The molecule has 1 fully saturated rings. The van der Waals surface area contributed by atoms with Gasteiger partial charge in [0.05, 0.1) is 0 Å². The zero-order valence-electron chi connectivity index (χ0n) is 11.2. The van der Waals surface area contributed by atoms with Crippen molar-refractivity contribution in [2.24, 2.45) is 5.92 Å². The van der Waals surface area contributed by atoms with Crippen LogP contribution in [0.3, 0.4) is 0 Å². The summed E-state index contributed by atoms with van der Waals surface area (Å²) < 4.78 is 0. The summed E-state index contributed by atoms with van der Waals surface area (Å²) in [6, 6.07) is 7.06. The van der Waals surface area contributed by atoms with Crippen LogP contribution in [-0.2, 0) is 0 Å². The molecule has 2 heteroatoms. The Balaban J connectivity index is 2.12. The minimum Gasteiger partial charge on any atom is -0.399 e. The highest BCUT2D eigenvalue weighted by Crippen LogP contribution is 2.30. The summed E-state index contributed by atoms with van der Waals surface area (Å²) in [5.41, 5.74) is 9.24. The molecule has 0 heterocycles. The third-order valence-corrected chi connectivity index (χ3v) is 4.12. The van der Waals surface area contributed by atoms with E-state index in [1.165, 1.54) is 36.9 Å². The van der Waals surface area contributed by atoms with Crippen LogP contribution in [-0.4, -0.2) is 13.1 Å². The quantitative estimate of drug-likeness (QED) is 0.790. The van der Waals surface area contributed by atoms with Crippen LogP contribution in [0, 0.1) is 12.8 Å². The van der Waals surface area contributed by atoms with Gasteiger partial charge in [-0.05, 0) is 49.4 Å². The van der Waals surface area contributed by atoms with Crippen molar-refractivity contribution in [2.75, 3.05) is 17.7 Å². The van der Waals surface area contributed by atoms with E-state index in [2.05, 4.69) is 37.9 Å². The van der Waals surface area contributed by atoms with Crippen molar-refractivity contribution < 1.29 is 0 Å². The molecule has 0 spiro atoms. The van der Waals surface area contributed by atoms with Gasteiger partial charge in [0.15, 0.2) is 0 Å². The summed E-state index contributed by atoms with van der Waals surface area (Å²) in [6.45, 7) is 4.45. The first-order chi connectivity index (χ1) is 8.08. The van der Waals surface area contributed by atoms with E-state index in [1.807, 2.05) is 6.07 Å². The van der Waals surface area contributed by atoms with Crippen LogP contribution in [0.5, 0.6) is 0 Å². The molecule has 2 atom stereocenters. The Bertz CT molecular complexity index is 387. The largest absolute Gasteiger partial charge is 0.399 e. The lowest BCUT2D eigenvalue weighted by Gasteiger charge is -2.35. The molecule has 0 aliphatic heterocycles. The van der Waals surface area contributed by atoms with Crippen molar-refractivity contribution in [1.29, 1.82) is 0 Å². The van der Waals surface area contributed by atoms with E-state index in [4.69, 9.17) is 5.73 Å². The lowest BCUT2D eigenvalue weighted by Crippen LogP contribution is -2.35. The zero-order valence-corrected chi connectivity index (χ0v) is 11.2. The van der Waals surface area contributed by atoms with Crippen molar-refractivity contribution >= 4 is 11.4 Å². The summed E-state index contributed by atoms with van der Waals surface area (Å²) in [5.74, 6) is 0.867. The predicted octanol–water partition coefficient (Wildman–Crippen LogP) is 3.59. The molecule has 0 bridgehead atoms. The maximum atomic E-state index is 5.87. The van der Waals surface area contributed by atoms with E-state index in [0.717, 1.165) is 11.6 Å². The SMILES string of the molecule is Cc1cc(N(C)C2CCCC(C)C2)ccc1N. The van der Waals surface area contributed by atoms with Gasteiger partial charge in [0.2, 0.25) is 0 Å². The second kappa shape index (κ2) is 4.99. The summed E-state index contributed by atoms with van der Waals surface area (Å²) in [7, 11) is 2.22. The Hall–Kier alpha value is -1.18. The van der Waals surface area contributed by atoms with Crippen LogP contribution in [0.15, 0.2) is 18.2 Å². The molecule has 1 aromatic rings. The topological polar surface area (TPSA) is 29.3 Å². The first-order valence-corrected chi connectivity index (χ1v) is 6.67. The number of hydrogen-bond acceptors (Lipinski definition) is 2. The van der Waals surface area contributed by atoms with Crippen LogP contribution in [0.2, 0.25) is 0 Å². The fraction of sp³-hybridized carbons (Fsp3) is 0.600. The van der Waals surface area contributed by atoms with Crippen LogP contribution in [0.1, 0.15) is 38.2 Å². The molecule has 2 rings (SSSR count). The number of nitrogen functional groups attached to an aromatic ring is 1. The van der Waals surface area contributed by atoms with E-state index >= 15 is 0 Å². The predicted molar refractivity (Wildman–Crippen MR) is 75.4 cm³/mol. The van der Waals surface area contributed by atoms with Gasteiger partial charge >= 0.3 is 0 Å². The molecule has 2 N–H and O–H groups in total. The molecular formula is C15H24N2. The van der Waals surface area contributed by atoms with E-state index in [-0.39, 0.29) is 0 Å². The van der Waals surface area contributed by atoms with Crippen LogP contribution < -0.4 is 10.6 Å². The fourth-order valence-electron chi connectivity index (χ4n) is 2.84. The fourth-order valence-corrected chi connectivity index (χ4v) is 2.84. The summed E-state index contributed by atoms with van der Waals surface area (Å²) >= 11 is 0. The van der Waals surface area contributed by atoms with Gasteiger partial charge in [0, 0.05) is 24.5 Å². The van der Waals surface area contributed by atoms with Crippen LogP contribution in [0.4, 0.5) is 11.4 Å². The number of nitrogens with two attached hydrogens (primary N) is 1. The average Bonchev–Trinajstić information content (AvgIpc) is 2.32. The molecule has 1 aliphatic carbocycles. The molecule has 2 unspecified atom stereocenters. The van der Waals surface area contributed by atoms with E-state index < -0.39 is 0 Å². The zero-order chi connectivity index (χ0) is 12.4. The normalized spacial score (nSPS) is 24.6.